The summed E-state index contributed by atoms with van der Waals surface area (Å²) < 4.78 is 6.83. The Balaban J connectivity index is 1.94. The topological polar surface area (TPSA) is 106 Å². The van der Waals surface area contributed by atoms with Crippen molar-refractivity contribution >= 4 is 22.9 Å². The van der Waals surface area contributed by atoms with Crippen molar-refractivity contribution in [2.24, 2.45) is 7.05 Å². The Kier molecular flexibility index (Phi) is 4.81. The summed E-state index contributed by atoms with van der Waals surface area (Å²) in [4.78, 5) is 24.3. The summed E-state index contributed by atoms with van der Waals surface area (Å²) in [5, 5.41) is 20.1. The van der Waals surface area contributed by atoms with Crippen LogP contribution >= 0.6 is 0 Å². The molecule has 0 fully saturated rings. The van der Waals surface area contributed by atoms with Crippen LogP contribution in [0.25, 0.3) is 11.0 Å². The molecule has 0 spiro atoms. The van der Waals surface area contributed by atoms with Gasteiger partial charge in [-0.2, -0.15) is 0 Å². The summed E-state index contributed by atoms with van der Waals surface area (Å²) in [6, 6.07) is 12.0. The van der Waals surface area contributed by atoms with Gasteiger partial charge in [-0.05, 0) is 42.8 Å². The Labute approximate surface area is 155 Å². The third-order valence-electron chi connectivity index (χ3n) is 4.47. The van der Waals surface area contributed by atoms with Gasteiger partial charge in [0, 0.05) is 12.6 Å². The number of carbonyl (C=O) groups excluding carboxylic acids is 1. The monoisotopic (exact) mass is 368 g/mol. The highest BCUT2D eigenvalue weighted by molar-refractivity contribution is 5.98. The second kappa shape index (κ2) is 7.06. The molecule has 140 valence electrons. The molecule has 8 heteroatoms. The van der Waals surface area contributed by atoms with Gasteiger partial charge >= 0.3 is 5.97 Å². The molecule has 27 heavy (non-hydrogen) atoms. The van der Waals surface area contributed by atoms with Crippen LogP contribution in [0, 0.1) is 0 Å². The zero-order valence-electron chi connectivity index (χ0n) is 15.3. The van der Waals surface area contributed by atoms with E-state index in [1.165, 1.54) is 7.11 Å². The van der Waals surface area contributed by atoms with Crippen LogP contribution in [0.2, 0.25) is 0 Å². The standard InChI is InChI=1S/C19H20N4O4/c1-19(11-17(24)25,13-5-4-6-14(10-13)27-3)20-18(26)12-7-8-16-15(9-12)21-22-23(16)2/h4-10H,11H2,1-3H3,(H,20,26)(H,24,25). The number of methoxy groups -OCH3 is 1. The van der Waals surface area contributed by atoms with Gasteiger partial charge in [-0.1, -0.05) is 17.3 Å². The summed E-state index contributed by atoms with van der Waals surface area (Å²) in [5.41, 5.74) is 1.29. The van der Waals surface area contributed by atoms with E-state index in [-0.39, 0.29) is 6.42 Å². The Morgan fingerprint density at radius 3 is 2.74 bits per heavy atom. The molecule has 0 aliphatic carbocycles. The maximum Gasteiger partial charge on any atom is 0.306 e. The molecule has 0 saturated heterocycles. The Bertz CT molecular complexity index is 1010. The molecule has 8 nitrogen and oxygen atoms in total. The van der Waals surface area contributed by atoms with Crippen LogP contribution in [-0.2, 0) is 17.4 Å². The van der Waals surface area contributed by atoms with E-state index >= 15 is 0 Å². The van der Waals surface area contributed by atoms with Crippen molar-refractivity contribution < 1.29 is 19.4 Å². The lowest BCUT2D eigenvalue weighted by Crippen LogP contribution is -2.45. The number of hydrogen-bond acceptors (Lipinski definition) is 5. The number of fused-ring (bicyclic) bond motifs is 1. The summed E-state index contributed by atoms with van der Waals surface area (Å²) in [5.74, 6) is -0.835. The Morgan fingerprint density at radius 2 is 2.04 bits per heavy atom. The normalized spacial score (nSPS) is 13.1. The molecule has 1 aromatic heterocycles. The minimum absolute atomic E-state index is 0.278. The Hall–Kier alpha value is -3.42. The number of carbonyl (C=O) groups is 2. The number of aromatic nitrogens is 3. The number of nitrogens with one attached hydrogen (secondary N) is 1. The maximum atomic E-state index is 12.8. The average Bonchev–Trinajstić information content (AvgIpc) is 3.01. The van der Waals surface area contributed by atoms with Crippen LogP contribution in [0.1, 0.15) is 29.3 Å². The summed E-state index contributed by atoms with van der Waals surface area (Å²) in [6.45, 7) is 1.68. The van der Waals surface area contributed by atoms with E-state index in [1.807, 2.05) is 0 Å². The van der Waals surface area contributed by atoms with E-state index < -0.39 is 17.4 Å². The summed E-state index contributed by atoms with van der Waals surface area (Å²) in [6.07, 6.45) is -0.278. The number of amides is 1. The van der Waals surface area contributed by atoms with Crippen LogP contribution in [0.5, 0.6) is 5.75 Å². The fraction of sp³-hybridized carbons (Fsp3) is 0.263. The van der Waals surface area contributed by atoms with Crippen LogP contribution in [0.15, 0.2) is 42.5 Å². The van der Waals surface area contributed by atoms with Crippen LogP contribution in [0.3, 0.4) is 0 Å². The number of benzene rings is 2. The first-order valence-corrected chi connectivity index (χ1v) is 8.31. The molecule has 0 aliphatic rings. The van der Waals surface area contributed by atoms with Gasteiger partial charge in [0.25, 0.3) is 5.91 Å². The molecule has 0 bridgehead atoms. The molecular formula is C19H20N4O4. The van der Waals surface area contributed by atoms with Crippen molar-refractivity contribution in [1.29, 1.82) is 0 Å². The minimum Gasteiger partial charge on any atom is -0.497 e. The fourth-order valence-electron chi connectivity index (χ4n) is 2.99. The lowest BCUT2D eigenvalue weighted by atomic mass is 9.88. The first-order chi connectivity index (χ1) is 12.8. The van der Waals surface area contributed by atoms with E-state index in [9.17, 15) is 14.7 Å². The van der Waals surface area contributed by atoms with Crippen molar-refractivity contribution in [2.75, 3.05) is 7.11 Å². The first-order valence-electron chi connectivity index (χ1n) is 8.31. The highest BCUT2D eigenvalue weighted by atomic mass is 16.5. The van der Waals surface area contributed by atoms with E-state index in [0.717, 1.165) is 5.52 Å². The van der Waals surface area contributed by atoms with Gasteiger partial charge in [0.05, 0.1) is 24.6 Å². The molecule has 0 aliphatic heterocycles. The van der Waals surface area contributed by atoms with Crippen LogP contribution < -0.4 is 10.1 Å². The third-order valence-corrected chi connectivity index (χ3v) is 4.47. The lowest BCUT2D eigenvalue weighted by molar-refractivity contribution is -0.138. The van der Waals surface area contributed by atoms with Gasteiger partial charge < -0.3 is 15.2 Å². The molecule has 1 unspecified atom stereocenters. The summed E-state index contributed by atoms with van der Waals surface area (Å²) in [7, 11) is 3.30. The van der Waals surface area contributed by atoms with Crippen molar-refractivity contribution in [3.63, 3.8) is 0 Å². The van der Waals surface area contributed by atoms with Gasteiger partial charge in [-0.25, -0.2) is 4.68 Å². The van der Waals surface area contributed by atoms with E-state index in [0.29, 0.717) is 22.4 Å². The average molecular weight is 368 g/mol. The number of hydrogen-bond donors (Lipinski definition) is 2. The van der Waals surface area contributed by atoms with E-state index in [1.54, 1.807) is 61.1 Å². The highest BCUT2D eigenvalue weighted by Gasteiger charge is 2.32. The molecule has 3 rings (SSSR count). The van der Waals surface area contributed by atoms with Crippen LogP contribution in [-0.4, -0.2) is 39.1 Å². The zero-order valence-corrected chi connectivity index (χ0v) is 15.3. The van der Waals surface area contributed by atoms with Gasteiger partial charge in [-0.3, -0.25) is 9.59 Å². The largest absolute Gasteiger partial charge is 0.497 e. The lowest BCUT2D eigenvalue weighted by Gasteiger charge is -2.30. The maximum absolute atomic E-state index is 12.8. The van der Waals surface area contributed by atoms with Gasteiger partial charge in [0.1, 0.15) is 11.3 Å². The van der Waals surface area contributed by atoms with Crippen molar-refractivity contribution in [2.45, 2.75) is 18.9 Å². The van der Waals surface area contributed by atoms with Gasteiger partial charge in [-0.15, -0.1) is 5.10 Å². The third kappa shape index (κ3) is 3.74. The molecule has 0 saturated carbocycles. The molecule has 2 N–H and O–H groups in total. The Morgan fingerprint density at radius 1 is 1.26 bits per heavy atom. The fourth-order valence-corrected chi connectivity index (χ4v) is 2.99. The molecular weight excluding hydrogens is 348 g/mol. The zero-order chi connectivity index (χ0) is 19.6. The van der Waals surface area contributed by atoms with E-state index in [2.05, 4.69) is 15.6 Å². The van der Waals surface area contributed by atoms with Crippen molar-refractivity contribution in [3.05, 3.63) is 53.6 Å². The highest BCUT2D eigenvalue weighted by Crippen LogP contribution is 2.28. The van der Waals surface area contributed by atoms with E-state index in [4.69, 9.17) is 4.74 Å². The van der Waals surface area contributed by atoms with Gasteiger partial charge in [0.2, 0.25) is 0 Å². The second-order valence-corrected chi connectivity index (χ2v) is 6.51. The SMILES string of the molecule is COc1cccc(C(C)(CC(=O)O)NC(=O)c2ccc3c(c2)nnn3C)c1. The molecule has 1 heterocycles. The predicted octanol–water partition coefficient (Wildman–Crippen LogP) is 2.10. The molecule has 3 aromatic rings. The molecule has 1 amide bonds. The number of aliphatic carboxylic acids is 1. The predicted molar refractivity (Wildman–Crippen MR) is 98.6 cm³/mol. The van der Waals surface area contributed by atoms with Crippen LogP contribution in [0.4, 0.5) is 0 Å². The first kappa shape index (κ1) is 18.4. The summed E-state index contributed by atoms with van der Waals surface area (Å²) >= 11 is 0. The second-order valence-electron chi connectivity index (χ2n) is 6.51. The number of ether oxygens (including phenoxy) is 1. The smallest absolute Gasteiger partial charge is 0.306 e. The number of nitrogens with zero attached hydrogens (tertiary/aromatic N) is 3. The quantitative estimate of drug-likeness (QED) is 0.690. The number of carboxylic acids is 1. The van der Waals surface area contributed by atoms with Crippen molar-refractivity contribution in [3.8, 4) is 5.75 Å². The number of aryl methyl sites for hydroxylation is 1. The molecule has 0 radical (unpaired) electrons. The minimum atomic E-state index is -1.12. The number of carboxylic acid groups (broad SMARTS) is 1. The molecule has 2 aromatic carbocycles. The molecule has 1 atom stereocenters. The van der Waals surface area contributed by atoms with Gasteiger partial charge in [0.15, 0.2) is 0 Å². The van der Waals surface area contributed by atoms with Crippen molar-refractivity contribution in [1.82, 2.24) is 20.3 Å². The number of rotatable bonds is 6.